The number of aryl methyl sites for hydroxylation is 1. The largest absolute Gasteiger partial charge is 0.464 e. The highest BCUT2D eigenvalue weighted by atomic mass is 19.1. The molecule has 6 heteroatoms. The predicted molar refractivity (Wildman–Crippen MR) is 70.9 cm³/mol. The van der Waals surface area contributed by atoms with Crippen LogP contribution in [0.3, 0.4) is 0 Å². The van der Waals surface area contributed by atoms with Gasteiger partial charge in [-0.25, -0.2) is 9.18 Å². The number of esters is 1. The number of anilines is 1. The predicted octanol–water partition coefficient (Wildman–Crippen LogP) is 2.17. The van der Waals surface area contributed by atoms with Gasteiger partial charge in [0.2, 0.25) is 0 Å². The number of nitrogen functional groups attached to an aromatic ring is 1. The Kier molecular flexibility index (Phi) is 3.44. The van der Waals surface area contributed by atoms with Gasteiger partial charge in [-0.1, -0.05) is 6.07 Å². The van der Waals surface area contributed by atoms with Crippen molar-refractivity contribution in [3.8, 4) is 11.8 Å². The molecule has 2 rings (SSSR count). The SMILES string of the molecule is COC(=O)c1c(N)c(C#N)cn1-c1ccc(C)cc1F. The molecule has 1 aromatic carbocycles. The summed E-state index contributed by atoms with van der Waals surface area (Å²) in [5.74, 6) is -1.25. The number of hydrogen-bond acceptors (Lipinski definition) is 4. The van der Waals surface area contributed by atoms with Crippen molar-refractivity contribution in [1.82, 2.24) is 4.57 Å². The van der Waals surface area contributed by atoms with E-state index in [4.69, 9.17) is 11.0 Å². The Labute approximate surface area is 115 Å². The van der Waals surface area contributed by atoms with Crippen LogP contribution >= 0.6 is 0 Å². The van der Waals surface area contributed by atoms with E-state index in [1.807, 2.05) is 6.07 Å². The van der Waals surface area contributed by atoms with Gasteiger partial charge in [-0.3, -0.25) is 0 Å². The van der Waals surface area contributed by atoms with Gasteiger partial charge in [0.15, 0.2) is 5.69 Å². The molecule has 2 aromatic rings. The normalized spacial score (nSPS) is 10.1. The highest BCUT2D eigenvalue weighted by molar-refractivity contribution is 5.95. The minimum Gasteiger partial charge on any atom is -0.464 e. The molecule has 0 bridgehead atoms. The summed E-state index contributed by atoms with van der Waals surface area (Å²) in [5, 5.41) is 8.98. The molecule has 0 unspecified atom stereocenters. The Morgan fingerprint density at radius 1 is 1.50 bits per heavy atom. The van der Waals surface area contributed by atoms with Gasteiger partial charge in [-0.15, -0.1) is 0 Å². The fraction of sp³-hybridized carbons (Fsp3) is 0.143. The lowest BCUT2D eigenvalue weighted by Crippen LogP contribution is -2.12. The maximum absolute atomic E-state index is 14.0. The Hall–Kier alpha value is -2.81. The molecule has 1 aromatic heterocycles. The Bertz CT molecular complexity index is 729. The van der Waals surface area contributed by atoms with Crippen LogP contribution in [0.4, 0.5) is 10.1 Å². The lowest BCUT2D eigenvalue weighted by molar-refractivity contribution is 0.0593. The number of rotatable bonds is 2. The van der Waals surface area contributed by atoms with Gasteiger partial charge in [-0.2, -0.15) is 5.26 Å². The zero-order valence-corrected chi connectivity index (χ0v) is 11.0. The van der Waals surface area contributed by atoms with E-state index in [-0.39, 0.29) is 22.6 Å². The molecule has 2 N–H and O–H groups in total. The zero-order valence-electron chi connectivity index (χ0n) is 11.0. The van der Waals surface area contributed by atoms with Gasteiger partial charge >= 0.3 is 5.97 Å². The molecule has 0 aliphatic carbocycles. The summed E-state index contributed by atoms with van der Waals surface area (Å²) in [7, 11) is 1.19. The van der Waals surface area contributed by atoms with Crippen molar-refractivity contribution in [2.75, 3.05) is 12.8 Å². The van der Waals surface area contributed by atoms with Crippen LogP contribution in [-0.2, 0) is 4.74 Å². The Balaban J connectivity index is 2.74. The van der Waals surface area contributed by atoms with E-state index in [0.717, 1.165) is 5.56 Å². The average molecular weight is 273 g/mol. The maximum Gasteiger partial charge on any atom is 0.357 e. The fourth-order valence-corrected chi connectivity index (χ4v) is 1.91. The molecule has 102 valence electrons. The van der Waals surface area contributed by atoms with E-state index in [2.05, 4.69) is 4.74 Å². The molecule has 0 atom stereocenters. The number of hydrogen-bond donors (Lipinski definition) is 1. The van der Waals surface area contributed by atoms with Crippen LogP contribution in [-0.4, -0.2) is 17.6 Å². The van der Waals surface area contributed by atoms with Crippen molar-refractivity contribution in [1.29, 1.82) is 5.26 Å². The summed E-state index contributed by atoms with van der Waals surface area (Å²) in [6.45, 7) is 1.75. The zero-order chi connectivity index (χ0) is 14.9. The Morgan fingerprint density at radius 3 is 2.75 bits per heavy atom. The number of carbonyl (C=O) groups is 1. The van der Waals surface area contributed by atoms with Crippen molar-refractivity contribution >= 4 is 11.7 Å². The maximum atomic E-state index is 14.0. The number of carbonyl (C=O) groups excluding carboxylic acids is 1. The average Bonchev–Trinajstić information content (AvgIpc) is 2.74. The summed E-state index contributed by atoms with van der Waals surface area (Å²) in [4.78, 5) is 11.8. The van der Waals surface area contributed by atoms with Gasteiger partial charge in [0.1, 0.15) is 11.9 Å². The Morgan fingerprint density at radius 2 is 2.20 bits per heavy atom. The summed E-state index contributed by atoms with van der Waals surface area (Å²) in [6, 6.07) is 6.40. The fourth-order valence-electron chi connectivity index (χ4n) is 1.91. The third kappa shape index (κ3) is 2.10. The van der Waals surface area contributed by atoms with Crippen molar-refractivity contribution in [2.45, 2.75) is 6.92 Å². The molecular formula is C14H12FN3O2. The number of nitrogens with zero attached hydrogens (tertiary/aromatic N) is 2. The standard InChI is InChI=1S/C14H12FN3O2/c1-8-3-4-11(10(15)5-8)18-7-9(6-16)12(17)13(18)14(19)20-2/h3-5,7H,17H2,1-2H3. The number of nitrogens with two attached hydrogens (primary N) is 1. The lowest BCUT2D eigenvalue weighted by Gasteiger charge is -2.09. The van der Waals surface area contributed by atoms with Gasteiger partial charge < -0.3 is 15.0 Å². The van der Waals surface area contributed by atoms with Gasteiger partial charge in [0.05, 0.1) is 24.0 Å². The number of benzene rings is 1. The van der Waals surface area contributed by atoms with Crippen LogP contribution in [0.5, 0.6) is 0 Å². The number of halogens is 1. The highest BCUT2D eigenvalue weighted by Crippen LogP contribution is 2.26. The first-order valence-electron chi connectivity index (χ1n) is 5.75. The number of methoxy groups -OCH3 is 1. The topological polar surface area (TPSA) is 81.0 Å². The second-order valence-corrected chi connectivity index (χ2v) is 4.23. The smallest absolute Gasteiger partial charge is 0.357 e. The van der Waals surface area contributed by atoms with Crippen LogP contribution < -0.4 is 5.73 Å². The molecule has 0 saturated carbocycles. The molecule has 1 heterocycles. The monoisotopic (exact) mass is 273 g/mol. The second-order valence-electron chi connectivity index (χ2n) is 4.23. The molecule has 0 spiro atoms. The van der Waals surface area contributed by atoms with E-state index in [1.165, 1.54) is 30.0 Å². The van der Waals surface area contributed by atoms with E-state index in [1.54, 1.807) is 13.0 Å². The third-order valence-electron chi connectivity index (χ3n) is 2.91. The molecule has 0 aliphatic heterocycles. The molecule has 0 amide bonds. The third-order valence-corrected chi connectivity index (χ3v) is 2.91. The summed E-state index contributed by atoms with van der Waals surface area (Å²) in [6.07, 6.45) is 1.31. The van der Waals surface area contributed by atoms with Gasteiger partial charge in [0, 0.05) is 6.20 Å². The minimum atomic E-state index is -0.732. The van der Waals surface area contributed by atoms with Gasteiger partial charge in [-0.05, 0) is 24.6 Å². The van der Waals surface area contributed by atoms with Crippen molar-refractivity contribution < 1.29 is 13.9 Å². The number of ether oxygens (including phenoxy) is 1. The van der Waals surface area contributed by atoms with Crippen molar-refractivity contribution in [3.63, 3.8) is 0 Å². The molecule has 0 saturated heterocycles. The molecule has 0 radical (unpaired) electrons. The molecule has 0 fully saturated rings. The first kappa shape index (κ1) is 13.6. The quantitative estimate of drug-likeness (QED) is 0.850. The van der Waals surface area contributed by atoms with Crippen LogP contribution in [0.2, 0.25) is 0 Å². The first-order valence-corrected chi connectivity index (χ1v) is 5.75. The summed E-state index contributed by atoms with van der Waals surface area (Å²) in [5.41, 5.74) is 6.61. The van der Waals surface area contributed by atoms with Crippen LogP contribution in [0.1, 0.15) is 21.6 Å². The van der Waals surface area contributed by atoms with Gasteiger partial charge in [0.25, 0.3) is 0 Å². The lowest BCUT2D eigenvalue weighted by atomic mass is 10.2. The van der Waals surface area contributed by atoms with Crippen LogP contribution in [0, 0.1) is 24.1 Å². The summed E-state index contributed by atoms with van der Waals surface area (Å²) >= 11 is 0. The van der Waals surface area contributed by atoms with E-state index in [0.29, 0.717) is 0 Å². The molecular weight excluding hydrogens is 261 g/mol. The molecule has 5 nitrogen and oxygen atoms in total. The summed E-state index contributed by atoms with van der Waals surface area (Å²) < 4.78 is 19.9. The van der Waals surface area contributed by atoms with E-state index >= 15 is 0 Å². The van der Waals surface area contributed by atoms with Crippen molar-refractivity contribution in [2.24, 2.45) is 0 Å². The first-order chi connectivity index (χ1) is 9.49. The van der Waals surface area contributed by atoms with Crippen molar-refractivity contribution in [3.05, 3.63) is 47.0 Å². The van der Waals surface area contributed by atoms with Crippen LogP contribution in [0.15, 0.2) is 24.4 Å². The van der Waals surface area contributed by atoms with E-state index < -0.39 is 11.8 Å². The van der Waals surface area contributed by atoms with Crippen LogP contribution in [0.25, 0.3) is 5.69 Å². The number of aromatic nitrogens is 1. The highest BCUT2D eigenvalue weighted by Gasteiger charge is 2.22. The minimum absolute atomic E-state index is 0.0284. The number of nitriles is 1. The molecule has 20 heavy (non-hydrogen) atoms. The molecule has 0 aliphatic rings. The second kappa shape index (κ2) is 5.05. The van der Waals surface area contributed by atoms with E-state index in [9.17, 15) is 9.18 Å².